The highest BCUT2D eigenvalue weighted by Crippen LogP contribution is 2.22. The first-order valence-corrected chi connectivity index (χ1v) is 8.40. The molecular formula is C17H23N3O2S. The zero-order valence-electron chi connectivity index (χ0n) is 14.2. The number of hydrogen-bond donors (Lipinski definition) is 1. The molecule has 5 nitrogen and oxygen atoms in total. The topological polar surface area (TPSA) is 62.3 Å². The first-order chi connectivity index (χ1) is 10.7. The van der Waals surface area contributed by atoms with E-state index in [1.54, 1.807) is 30.2 Å². The van der Waals surface area contributed by atoms with E-state index in [0.29, 0.717) is 6.54 Å². The molecule has 2 rings (SSSR count). The van der Waals surface area contributed by atoms with Gasteiger partial charge < -0.3 is 10.2 Å². The van der Waals surface area contributed by atoms with Gasteiger partial charge in [0, 0.05) is 12.5 Å². The number of rotatable bonds is 4. The molecule has 1 atom stereocenters. The van der Waals surface area contributed by atoms with Gasteiger partial charge in [0.1, 0.15) is 11.0 Å². The summed E-state index contributed by atoms with van der Waals surface area (Å²) in [6.45, 7) is 7.62. The van der Waals surface area contributed by atoms with Crippen LogP contribution >= 0.6 is 11.3 Å². The number of carbonyl (C=O) groups excluding carboxylic acids is 2. The Morgan fingerprint density at radius 1 is 1.30 bits per heavy atom. The number of likely N-dealkylation sites (N-methyl/N-ethyl adjacent to an activating group) is 1. The fourth-order valence-corrected chi connectivity index (χ4v) is 3.09. The molecule has 0 saturated heterocycles. The Kier molecular flexibility index (Phi) is 5.04. The van der Waals surface area contributed by atoms with E-state index in [0.717, 1.165) is 15.2 Å². The summed E-state index contributed by atoms with van der Waals surface area (Å²) >= 11 is 1.58. The number of amides is 2. The SMILES string of the molecule is CC(NC(=O)C(C)(C)C)C(=O)N(C)Cc1nc2ccccc2s1. The molecule has 0 saturated carbocycles. The van der Waals surface area contributed by atoms with Gasteiger partial charge in [-0.2, -0.15) is 0 Å². The first-order valence-electron chi connectivity index (χ1n) is 7.59. The molecule has 1 aromatic carbocycles. The first kappa shape index (κ1) is 17.4. The molecule has 0 aliphatic rings. The fourth-order valence-electron chi connectivity index (χ4n) is 2.07. The van der Waals surface area contributed by atoms with E-state index in [4.69, 9.17) is 0 Å². The maximum Gasteiger partial charge on any atom is 0.244 e. The van der Waals surface area contributed by atoms with E-state index in [-0.39, 0.29) is 11.8 Å². The summed E-state index contributed by atoms with van der Waals surface area (Å²) in [6.07, 6.45) is 0. The van der Waals surface area contributed by atoms with Crippen LogP contribution in [0.1, 0.15) is 32.7 Å². The van der Waals surface area contributed by atoms with Gasteiger partial charge in [0.2, 0.25) is 11.8 Å². The van der Waals surface area contributed by atoms with Crippen molar-refractivity contribution in [2.45, 2.75) is 40.3 Å². The Labute approximate surface area is 140 Å². The highest BCUT2D eigenvalue weighted by molar-refractivity contribution is 7.18. The second-order valence-corrected chi connectivity index (χ2v) is 7.83. The summed E-state index contributed by atoms with van der Waals surface area (Å²) in [6, 6.07) is 7.35. The van der Waals surface area contributed by atoms with Gasteiger partial charge >= 0.3 is 0 Å². The van der Waals surface area contributed by atoms with E-state index < -0.39 is 11.5 Å². The predicted octanol–water partition coefficient (Wildman–Crippen LogP) is 2.81. The molecule has 1 unspecified atom stereocenters. The third kappa shape index (κ3) is 4.28. The lowest BCUT2D eigenvalue weighted by Gasteiger charge is -2.24. The van der Waals surface area contributed by atoms with Crippen LogP contribution < -0.4 is 5.32 Å². The Morgan fingerprint density at radius 3 is 2.57 bits per heavy atom. The molecule has 1 N–H and O–H groups in total. The molecule has 1 aromatic heterocycles. The summed E-state index contributed by atoms with van der Waals surface area (Å²) in [7, 11) is 1.73. The van der Waals surface area contributed by atoms with Crippen LogP contribution in [0.15, 0.2) is 24.3 Å². The minimum absolute atomic E-state index is 0.123. The van der Waals surface area contributed by atoms with Crippen molar-refractivity contribution in [1.29, 1.82) is 0 Å². The van der Waals surface area contributed by atoms with Crippen LogP contribution in [-0.4, -0.2) is 34.8 Å². The Balaban J connectivity index is 2.00. The number of para-hydroxylation sites is 1. The zero-order valence-corrected chi connectivity index (χ0v) is 15.0. The molecule has 0 spiro atoms. The van der Waals surface area contributed by atoms with Gasteiger partial charge in [-0.3, -0.25) is 9.59 Å². The number of nitrogens with one attached hydrogen (secondary N) is 1. The molecule has 124 valence electrons. The maximum atomic E-state index is 12.4. The standard InChI is InChI=1S/C17H23N3O2S/c1-11(18-16(22)17(2,3)4)15(21)20(5)10-14-19-12-8-6-7-9-13(12)23-14/h6-9,11H,10H2,1-5H3,(H,18,22). The minimum atomic E-state index is -0.555. The molecule has 23 heavy (non-hydrogen) atoms. The van der Waals surface area contributed by atoms with Crippen molar-refractivity contribution in [1.82, 2.24) is 15.2 Å². The number of hydrogen-bond acceptors (Lipinski definition) is 4. The summed E-state index contributed by atoms with van der Waals surface area (Å²) in [5.41, 5.74) is 0.433. The van der Waals surface area contributed by atoms with Crippen molar-refractivity contribution in [2.75, 3.05) is 7.05 Å². The highest BCUT2D eigenvalue weighted by Gasteiger charge is 2.26. The fraction of sp³-hybridized carbons (Fsp3) is 0.471. The van der Waals surface area contributed by atoms with Gasteiger partial charge in [0.15, 0.2) is 0 Å². The van der Waals surface area contributed by atoms with Crippen molar-refractivity contribution in [3.63, 3.8) is 0 Å². The summed E-state index contributed by atoms with van der Waals surface area (Å²) in [4.78, 5) is 30.5. The Morgan fingerprint density at radius 2 is 1.96 bits per heavy atom. The van der Waals surface area contributed by atoms with E-state index >= 15 is 0 Å². The van der Waals surface area contributed by atoms with E-state index in [1.807, 2.05) is 45.0 Å². The molecule has 1 heterocycles. The maximum absolute atomic E-state index is 12.4. The van der Waals surface area contributed by atoms with Crippen LogP contribution in [0.2, 0.25) is 0 Å². The molecule has 0 aliphatic heterocycles. The van der Waals surface area contributed by atoms with Crippen molar-refractivity contribution in [3.05, 3.63) is 29.3 Å². The smallest absolute Gasteiger partial charge is 0.244 e. The van der Waals surface area contributed by atoms with Crippen LogP contribution in [0.25, 0.3) is 10.2 Å². The molecule has 6 heteroatoms. The zero-order chi connectivity index (χ0) is 17.2. The lowest BCUT2D eigenvalue weighted by molar-refractivity contribution is -0.137. The quantitative estimate of drug-likeness (QED) is 0.936. The van der Waals surface area contributed by atoms with Gasteiger partial charge in [0.05, 0.1) is 16.8 Å². The molecule has 2 aromatic rings. The van der Waals surface area contributed by atoms with Crippen molar-refractivity contribution in [2.24, 2.45) is 5.41 Å². The van der Waals surface area contributed by atoms with Crippen LogP contribution in [0.5, 0.6) is 0 Å². The number of nitrogens with zero attached hydrogens (tertiary/aromatic N) is 2. The summed E-state index contributed by atoms with van der Waals surface area (Å²) in [5.74, 6) is -0.256. The summed E-state index contributed by atoms with van der Waals surface area (Å²) < 4.78 is 1.11. The van der Waals surface area contributed by atoms with Crippen LogP contribution in [-0.2, 0) is 16.1 Å². The number of aromatic nitrogens is 1. The van der Waals surface area contributed by atoms with Crippen LogP contribution in [0.4, 0.5) is 0 Å². The number of fused-ring (bicyclic) bond motifs is 1. The number of benzene rings is 1. The van der Waals surface area contributed by atoms with Gasteiger partial charge in [0.25, 0.3) is 0 Å². The Hall–Kier alpha value is -1.95. The van der Waals surface area contributed by atoms with Crippen molar-refractivity contribution < 1.29 is 9.59 Å². The molecule has 2 amide bonds. The van der Waals surface area contributed by atoms with E-state index in [9.17, 15) is 9.59 Å². The summed E-state index contributed by atoms with van der Waals surface area (Å²) in [5, 5.41) is 3.65. The second kappa shape index (κ2) is 6.66. The molecule has 0 fully saturated rings. The molecule has 0 bridgehead atoms. The lowest BCUT2D eigenvalue weighted by atomic mass is 9.95. The highest BCUT2D eigenvalue weighted by atomic mass is 32.1. The van der Waals surface area contributed by atoms with Gasteiger partial charge in [-0.05, 0) is 19.1 Å². The average Bonchev–Trinajstić information content (AvgIpc) is 2.87. The lowest BCUT2D eigenvalue weighted by Crippen LogP contribution is -2.48. The van der Waals surface area contributed by atoms with Crippen molar-refractivity contribution >= 4 is 33.4 Å². The Bertz CT molecular complexity index is 685. The van der Waals surface area contributed by atoms with Gasteiger partial charge in [-0.25, -0.2) is 4.98 Å². The normalized spacial score (nSPS) is 12.9. The number of thiazole rings is 1. The average molecular weight is 333 g/mol. The van der Waals surface area contributed by atoms with Crippen LogP contribution in [0, 0.1) is 5.41 Å². The molecular weight excluding hydrogens is 310 g/mol. The third-order valence-electron chi connectivity index (χ3n) is 3.49. The second-order valence-electron chi connectivity index (χ2n) is 6.71. The van der Waals surface area contributed by atoms with Crippen molar-refractivity contribution in [3.8, 4) is 0 Å². The monoisotopic (exact) mass is 333 g/mol. The molecule has 0 aliphatic carbocycles. The van der Waals surface area contributed by atoms with Gasteiger partial charge in [-0.15, -0.1) is 11.3 Å². The van der Waals surface area contributed by atoms with E-state index in [1.165, 1.54) is 0 Å². The van der Waals surface area contributed by atoms with E-state index in [2.05, 4.69) is 10.3 Å². The molecule has 0 radical (unpaired) electrons. The third-order valence-corrected chi connectivity index (χ3v) is 4.51. The predicted molar refractivity (Wildman–Crippen MR) is 93.2 cm³/mol. The number of carbonyl (C=O) groups is 2. The largest absolute Gasteiger partial charge is 0.344 e. The minimum Gasteiger partial charge on any atom is -0.344 e. The van der Waals surface area contributed by atoms with Crippen LogP contribution in [0.3, 0.4) is 0 Å². The van der Waals surface area contributed by atoms with Gasteiger partial charge in [-0.1, -0.05) is 32.9 Å².